The molecule has 0 aromatic heterocycles. The molecule has 1 amide bonds. The highest BCUT2D eigenvalue weighted by Gasteiger charge is 2.13. The smallest absolute Gasteiger partial charge is 0.394 e. The van der Waals surface area contributed by atoms with Crippen molar-refractivity contribution in [1.82, 2.24) is 15.1 Å². The second kappa shape index (κ2) is 6.44. The second-order valence-corrected chi connectivity index (χ2v) is 4.06. The summed E-state index contributed by atoms with van der Waals surface area (Å²) in [6.07, 6.45) is 0.794. The Balaban J connectivity index is 2.03. The lowest BCUT2D eigenvalue weighted by Crippen LogP contribution is -2.45. The molecule has 0 aliphatic carbocycles. The van der Waals surface area contributed by atoms with Crippen molar-refractivity contribution in [2.24, 2.45) is 0 Å². The Morgan fingerprint density at radius 1 is 1.25 bits per heavy atom. The van der Waals surface area contributed by atoms with E-state index < -0.39 is 11.9 Å². The van der Waals surface area contributed by atoms with Crippen LogP contribution in [0.3, 0.4) is 0 Å². The van der Waals surface area contributed by atoms with E-state index in [1.54, 1.807) is 0 Å². The molecule has 0 aromatic rings. The molecule has 0 saturated carbocycles. The van der Waals surface area contributed by atoms with Crippen molar-refractivity contribution >= 4 is 11.9 Å². The molecule has 0 bridgehead atoms. The molecule has 1 rings (SSSR count). The van der Waals surface area contributed by atoms with Crippen LogP contribution in [-0.2, 0) is 9.59 Å². The number of aliphatic carboxylic acids is 1. The lowest BCUT2D eigenvalue weighted by molar-refractivity contribution is -0.150. The maximum atomic E-state index is 10.7. The van der Waals surface area contributed by atoms with Gasteiger partial charge >= 0.3 is 11.9 Å². The number of carboxylic acids is 1. The molecule has 2 N–H and O–H groups in total. The highest BCUT2D eigenvalue weighted by molar-refractivity contribution is 6.31. The molecule has 0 spiro atoms. The molecule has 1 aliphatic rings. The summed E-state index contributed by atoms with van der Waals surface area (Å²) in [7, 11) is 2.10. The van der Waals surface area contributed by atoms with Crippen molar-refractivity contribution in [1.29, 1.82) is 0 Å². The first kappa shape index (κ1) is 12.9. The van der Waals surface area contributed by atoms with Gasteiger partial charge < -0.3 is 20.2 Å². The number of hydrogen-bond donors (Lipinski definition) is 2. The Hall–Kier alpha value is -1.14. The predicted octanol–water partition coefficient (Wildman–Crippen LogP) is -1.18. The molecule has 1 heterocycles. The van der Waals surface area contributed by atoms with Crippen molar-refractivity contribution in [3.63, 3.8) is 0 Å². The van der Waals surface area contributed by atoms with Gasteiger partial charge in [-0.05, 0) is 20.0 Å². The normalized spacial score (nSPS) is 18.3. The highest BCUT2D eigenvalue weighted by Crippen LogP contribution is 1.99. The van der Waals surface area contributed by atoms with Crippen LogP contribution in [0.15, 0.2) is 0 Å². The van der Waals surface area contributed by atoms with Gasteiger partial charge in [-0.25, -0.2) is 4.79 Å². The zero-order chi connectivity index (χ0) is 12.0. The summed E-state index contributed by atoms with van der Waals surface area (Å²) in [5.74, 6) is -2.34. The quantitative estimate of drug-likeness (QED) is 0.469. The summed E-state index contributed by atoms with van der Waals surface area (Å²) in [4.78, 5) is 25.5. The van der Waals surface area contributed by atoms with Crippen LogP contribution in [0.25, 0.3) is 0 Å². The number of rotatable bonds is 4. The minimum Gasteiger partial charge on any atom is -0.474 e. The molecule has 0 aromatic carbocycles. The molecule has 0 atom stereocenters. The van der Waals surface area contributed by atoms with Gasteiger partial charge in [0.15, 0.2) is 0 Å². The van der Waals surface area contributed by atoms with E-state index in [1.165, 1.54) is 0 Å². The molecule has 0 radical (unpaired) electrons. The summed E-state index contributed by atoms with van der Waals surface area (Å²) < 4.78 is 0. The van der Waals surface area contributed by atoms with E-state index >= 15 is 0 Å². The number of carbonyl (C=O) groups is 2. The van der Waals surface area contributed by atoms with E-state index in [4.69, 9.17) is 5.11 Å². The standard InChI is InChI=1S/C10H19N3O3/c1-12-5-7-13(8-6-12)4-2-3-11-9(14)10(15)16/h2-8H2,1H3,(H,11,14)(H,15,16). The maximum absolute atomic E-state index is 10.7. The van der Waals surface area contributed by atoms with E-state index in [0.29, 0.717) is 6.54 Å². The van der Waals surface area contributed by atoms with Gasteiger partial charge in [0.2, 0.25) is 0 Å². The molecule has 1 aliphatic heterocycles. The lowest BCUT2D eigenvalue weighted by Gasteiger charge is -2.32. The summed E-state index contributed by atoms with van der Waals surface area (Å²) >= 11 is 0. The number of carbonyl (C=O) groups excluding carboxylic acids is 1. The third-order valence-electron chi connectivity index (χ3n) is 2.73. The number of nitrogens with one attached hydrogen (secondary N) is 1. The van der Waals surface area contributed by atoms with Gasteiger partial charge in [0.1, 0.15) is 0 Å². The first-order chi connectivity index (χ1) is 7.59. The zero-order valence-corrected chi connectivity index (χ0v) is 9.61. The van der Waals surface area contributed by atoms with Crippen LogP contribution < -0.4 is 5.32 Å². The Morgan fingerprint density at radius 2 is 1.88 bits per heavy atom. The number of carboxylic acid groups (broad SMARTS) is 1. The molecule has 1 fully saturated rings. The molecule has 0 unspecified atom stereocenters. The van der Waals surface area contributed by atoms with E-state index in [9.17, 15) is 9.59 Å². The topological polar surface area (TPSA) is 72.9 Å². The lowest BCUT2D eigenvalue weighted by atomic mass is 10.3. The summed E-state index contributed by atoms with van der Waals surface area (Å²) in [5, 5.41) is 10.7. The first-order valence-electron chi connectivity index (χ1n) is 5.51. The summed E-state index contributed by atoms with van der Waals surface area (Å²) in [6.45, 7) is 5.57. The minimum atomic E-state index is -1.42. The van der Waals surface area contributed by atoms with Crippen LogP contribution in [-0.4, -0.2) is 73.1 Å². The fourth-order valence-corrected chi connectivity index (χ4v) is 1.65. The highest BCUT2D eigenvalue weighted by atomic mass is 16.4. The molecule has 16 heavy (non-hydrogen) atoms. The van der Waals surface area contributed by atoms with Crippen LogP contribution in [0, 0.1) is 0 Å². The third-order valence-corrected chi connectivity index (χ3v) is 2.73. The fourth-order valence-electron chi connectivity index (χ4n) is 1.65. The first-order valence-corrected chi connectivity index (χ1v) is 5.51. The Morgan fingerprint density at radius 3 is 2.44 bits per heavy atom. The van der Waals surface area contributed by atoms with E-state index in [2.05, 4.69) is 22.2 Å². The molecule has 1 saturated heterocycles. The number of likely N-dealkylation sites (N-methyl/N-ethyl adjacent to an activating group) is 1. The number of amides is 1. The monoisotopic (exact) mass is 229 g/mol. The number of nitrogens with zero attached hydrogens (tertiary/aromatic N) is 2. The van der Waals surface area contributed by atoms with E-state index in [-0.39, 0.29) is 0 Å². The van der Waals surface area contributed by atoms with Crippen molar-refractivity contribution in [3.05, 3.63) is 0 Å². The predicted molar refractivity (Wildman–Crippen MR) is 59.2 cm³/mol. The number of piperazine rings is 1. The van der Waals surface area contributed by atoms with Crippen LogP contribution in [0.5, 0.6) is 0 Å². The van der Waals surface area contributed by atoms with Crippen molar-refractivity contribution in [2.45, 2.75) is 6.42 Å². The third kappa shape index (κ3) is 4.59. The summed E-state index contributed by atoms with van der Waals surface area (Å²) in [5.41, 5.74) is 0. The van der Waals surface area contributed by atoms with Gasteiger partial charge in [0, 0.05) is 32.7 Å². The van der Waals surface area contributed by atoms with Crippen LogP contribution >= 0.6 is 0 Å². The van der Waals surface area contributed by atoms with Gasteiger partial charge in [-0.15, -0.1) is 0 Å². The SMILES string of the molecule is CN1CCN(CCCNC(=O)C(=O)O)CC1. The zero-order valence-electron chi connectivity index (χ0n) is 9.61. The summed E-state index contributed by atoms with van der Waals surface area (Å²) in [6, 6.07) is 0. The van der Waals surface area contributed by atoms with Crippen LogP contribution in [0.1, 0.15) is 6.42 Å². The van der Waals surface area contributed by atoms with Gasteiger partial charge in [-0.2, -0.15) is 0 Å². The van der Waals surface area contributed by atoms with Gasteiger partial charge in [0.25, 0.3) is 0 Å². The average Bonchev–Trinajstić information content (AvgIpc) is 2.26. The molecule has 6 nitrogen and oxygen atoms in total. The Bertz CT molecular complexity index is 250. The van der Waals surface area contributed by atoms with Crippen LogP contribution in [0.4, 0.5) is 0 Å². The van der Waals surface area contributed by atoms with Crippen molar-refractivity contribution < 1.29 is 14.7 Å². The minimum absolute atomic E-state index is 0.428. The molecule has 6 heteroatoms. The van der Waals surface area contributed by atoms with Crippen molar-refractivity contribution in [3.8, 4) is 0 Å². The molecular formula is C10H19N3O3. The average molecular weight is 229 g/mol. The Kier molecular flexibility index (Phi) is 5.21. The molecule has 92 valence electrons. The second-order valence-electron chi connectivity index (χ2n) is 4.06. The van der Waals surface area contributed by atoms with Crippen molar-refractivity contribution in [2.75, 3.05) is 46.3 Å². The van der Waals surface area contributed by atoms with Gasteiger partial charge in [-0.1, -0.05) is 0 Å². The number of hydrogen-bond acceptors (Lipinski definition) is 4. The largest absolute Gasteiger partial charge is 0.474 e. The van der Waals surface area contributed by atoms with Gasteiger partial charge in [-0.3, -0.25) is 4.79 Å². The fraction of sp³-hybridized carbons (Fsp3) is 0.800. The Labute approximate surface area is 95.2 Å². The molecular weight excluding hydrogens is 210 g/mol. The van der Waals surface area contributed by atoms with E-state index in [1.807, 2.05) is 0 Å². The van der Waals surface area contributed by atoms with Crippen LogP contribution in [0.2, 0.25) is 0 Å². The van der Waals surface area contributed by atoms with Gasteiger partial charge in [0.05, 0.1) is 0 Å². The maximum Gasteiger partial charge on any atom is 0.394 e. The van der Waals surface area contributed by atoms with E-state index in [0.717, 1.165) is 39.1 Å².